The number of rotatable bonds is 7. The number of hydrogen-bond acceptors (Lipinski definition) is 10. The summed E-state index contributed by atoms with van der Waals surface area (Å²) in [5, 5.41) is 6.37. The van der Waals surface area contributed by atoms with Gasteiger partial charge in [0.1, 0.15) is 23.2 Å². The summed E-state index contributed by atoms with van der Waals surface area (Å²) in [6.45, 7) is 2.88. The molecule has 16 nitrogen and oxygen atoms in total. The molecule has 0 radical (unpaired) electrons. The van der Waals surface area contributed by atoms with E-state index in [4.69, 9.17) is 4.98 Å². The van der Waals surface area contributed by atoms with Crippen molar-refractivity contribution in [1.29, 1.82) is 0 Å². The molecule has 1 atom stereocenters. The van der Waals surface area contributed by atoms with E-state index in [1.54, 1.807) is 55.1 Å². The van der Waals surface area contributed by atoms with Crippen molar-refractivity contribution in [3.05, 3.63) is 70.5 Å². The number of imidazole rings is 1. The lowest BCUT2D eigenvalue weighted by Gasteiger charge is -2.55. The molecule has 1 spiro atoms. The Morgan fingerprint density at radius 2 is 1.71 bits per heavy atom. The minimum atomic E-state index is -0.731. The summed E-state index contributed by atoms with van der Waals surface area (Å²) in [5.74, 6) is -0.00884. The Morgan fingerprint density at radius 3 is 2.41 bits per heavy atom. The largest absolute Gasteiger partial charge is 0.369 e. The number of carbonyl (C=O) groups is 4. The van der Waals surface area contributed by atoms with Crippen LogP contribution < -0.4 is 21.2 Å². The lowest BCUT2D eigenvalue weighted by atomic mass is 9.71. The van der Waals surface area contributed by atoms with Gasteiger partial charge in [0.2, 0.25) is 17.8 Å². The second-order valence-corrected chi connectivity index (χ2v) is 16.0. The first-order valence-electron chi connectivity index (χ1n) is 19.4. The molecule has 0 bridgehead atoms. The minimum Gasteiger partial charge on any atom is -0.369 e. The number of benzene rings is 1. The Labute approximate surface area is 322 Å². The topological polar surface area (TPSA) is 173 Å². The zero-order valence-corrected chi connectivity index (χ0v) is 31.8. The van der Waals surface area contributed by atoms with E-state index in [0.29, 0.717) is 41.6 Å². The number of amides is 4. The maximum absolute atomic E-state index is 13.6. The highest BCUT2D eigenvalue weighted by Crippen LogP contribution is 2.44. The fourth-order valence-corrected chi connectivity index (χ4v) is 9.22. The van der Waals surface area contributed by atoms with Gasteiger partial charge in [-0.25, -0.2) is 14.8 Å². The standard InChI is InChI=1S/C40H45N11O5/c1-46(2)37(55)30-19-25-21-42-38(45-34(25)50(30)26-7-4-5-8-26)43-31-13-11-24(20-41-31)36(54)48-17-15-40(16-18-48)22-49(23-40)27-9-6-10-28-33(27)47(3)39(56)51(28)29-12-14-32(52)44-35(29)53/h6,9-11,13,19-21,26,29H,4-5,7-8,12,14-18,22-23H2,1-3H3,(H,44,52,53)(H,41,42,43,45)/t29-/m0/s1. The molecule has 1 aromatic carbocycles. The van der Waals surface area contributed by atoms with Crippen LogP contribution in [0.1, 0.15) is 84.3 Å². The molecular formula is C40H45N11O5. The molecule has 1 saturated carbocycles. The van der Waals surface area contributed by atoms with E-state index in [0.717, 1.165) is 73.9 Å². The highest BCUT2D eigenvalue weighted by atomic mass is 16.2. The highest BCUT2D eigenvalue weighted by Gasteiger charge is 2.46. The van der Waals surface area contributed by atoms with Gasteiger partial charge in [-0.2, -0.15) is 4.98 Å². The van der Waals surface area contributed by atoms with Crippen LogP contribution >= 0.6 is 0 Å². The molecule has 2 N–H and O–H groups in total. The molecule has 4 amide bonds. The number of piperidine rings is 2. The van der Waals surface area contributed by atoms with Crippen LogP contribution in [-0.2, 0) is 16.6 Å². The van der Waals surface area contributed by atoms with Crippen molar-refractivity contribution in [1.82, 2.24) is 43.8 Å². The van der Waals surface area contributed by atoms with E-state index < -0.39 is 11.9 Å². The molecule has 290 valence electrons. The predicted octanol–water partition coefficient (Wildman–Crippen LogP) is 3.76. The number of nitrogens with one attached hydrogen (secondary N) is 2. The van der Waals surface area contributed by atoms with Gasteiger partial charge in [0, 0.05) is 83.0 Å². The summed E-state index contributed by atoms with van der Waals surface area (Å²) in [6, 6.07) is 10.7. The van der Waals surface area contributed by atoms with Crippen LogP contribution in [0.2, 0.25) is 0 Å². The zero-order chi connectivity index (χ0) is 38.9. The molecule has 56 heavy (non-hydrogen) atoms. The monoisotopic (exact) mass is 759 g/mol. The summed E-state index contributed by atoms with van der Waals surface area (Å²) < 4.78 is 5.19. The molecule has 3 aliphatic heterocycles. The first-order valence-corrected chi connectivity index (χ1v) is 19.4. The Bertz CT molecular complexity index is 2460. The lowest BCUT2D eigenvalue weighted by Crippen LogP contribution is -2.61. The van der Waals surface area contributed by atoms with Crippen molar-refractivity contribution in [2.75, 3.05) is 50.5 Å². The minimum absolute atomic E-state index is 0.0604. The van der Waals surface area contributed by atoms with Crippen molar-refractivity contribution < 1.29 is 19.2 Å². The van der Waals surface area contributed by atoms with Crippen LogP contribution in [0.5, 0.6) is 0 Å². The number of imide groups is 1. The SMILES string of the molecule is CN(C)C(=O)c1cc2cnc(Nc3ccc(C(=O)N4CCC5(CC4)CN(c4cccc6c4n(C)c(=O)n6[C@H]4CCC(=O)NC4=O)C5)cn3)nc2n1C1CCCC1. The van der Waals surface area contributed by atoms with Crippen molar-refractivity contribution in [2.24, 2.45) is 12.5 Å². The predicted molar refractivity (Wildman–Crippen MR) is 209 cm³/mol. The second-order valence-electron chi connectivity index (χ2n) is 16.0. The smallest absolute Gasteiger partial charge is 0.329 e. The number of pyridine rings is 1. The molecular weight excluding hydrogens is 715 g/mol. The molecule has 16 heteroatoms. The molecule has 1 aliphatic carbocycles. The Morgan fingerprint density at radius 1 is 0.946 bits per heavy atom. The molecule has 3 saturated heterocycles. The first kappa shape index (κ1) is 35.6. The normalized spacial score (nSPS) is 19.8. The number of para-hydroxylation sites is 1. The van der Waals surface area contributed by atoms with Gasteiger partial charge in [-0.1, -0.05) is 18.9 Å². The number of fused-ring (bicyclic) bond motifs is 2. The highest BCUT2D eigenvalue weighted by molar-refractivity contribution is 6.01. The van der Waals surface area contributed by atoms with Crippen molar-refractivity contribution >= 4 is 63.1 Å². The fourth-order valence-electron chi connectivity index (χ4n) is 9.22. The van der Waals surface area contributed by atoms with Gasteiger partial charge in [-0.3, -0.25) is 33.6 Å². The fraction of sp³-hybridized carbons (Fsp3) is 0.450. The maximum Gasteiger partial charge on any atom is 0.329 e. The summed E-state index contributed by atoms with van der Waals surface area (Å²) in [5.41, 5.74) is 4.01. The number of aryl methyl sites for hydroxylation is 1. The third-order valence-corrected chi connectivity index (χ3v) is 12.2. The number of anilines is 3. The molecule has 5 aromatic rings. The number of hydrogen-bond donors (Lipinski definition) is 2. The molecule has 4 aromatic heterocycles. The third-order valence-electron chi connectivity index (χ3n) is 12.2. The summed E-state index contributed by atoms with van der Waals surface area (Å²) >= 11 is 0. The summed E-state index contributed by atoms with van der Waals surface area (Å²) in [6.07, 6.45) is 9.76. The lowest BCUT2D eigenvalue weighted by molar-refractivity contribution is -0.135. The Hall–Kier alpha value is -6.06. The Balaban J connectivity index is 0.845. The van der Waals surface area contributed by atoms with Crippen LogP contribution in [0.4, 0.5) is 17.5 Å². The van der Waals surface area contributed by atoms with E-state index in [-0.39, 0.29) is 47.7 Å². The molecule has 9 rings (SSSR count). The molecule has 4 fully saturated rings. The van der Waals surface area contributed by atoms with E-state index in [1.165, 1.54) is 4.57 Å². The summed E-state index contributed by atoms with van der Waals surface area (Å²) in [4.78, 5) is 84.2. The second kappa shape index (κ2) is 13.6. The van der Waals surface area contributed by atoms with E-state index in [2.05, 4.69) is 30.1 Å². The average molecular weight is 760 g/mol. The number of carbonyl (C=O) groups excluding carboxylic acids is 4. The van der Waals surface area contributed by atoms with Crippen LogP contribution in [0, 0.1) is 5.41 Å². The van der Waals surface area contributed by atoms with Gasteiger partial charge >= 0.3 is 5.69 Å². The maximum atomic E-state index is 13.6. The molecule has 0 unspecified atom stereocenters. The van der Waals surface area contributed by atoms with Gasteiger partial charge in [0.05, 0.1) is 22.3 Å². The van der Waals surface area contributed by atoms with E-state index in [9.17, 15) is 24.0 Å². The van der Waals surface area contributed by atoms with Crippen LogP contribution in [0.15, 0.2) is 53.6 Å². The Kier molecular flexibility index (Phi) is 8.65. The zero-order valence-electron chi connectivity index (χ0n) is 31.8. The van der Waals surface area contributed by atoms with Crippen molar-refractivity contribution in [3.8, 4) is 0 Å². The van der Waals surface area contributed by atoms with E-state index >= 15 is 0 Å². The van der Waals surface area contributed by atoms with Gasteiger partial charge in [0.15, 0.2) is 0 Å². The van der Waals surface area contributed by atoms with Crippen LogP contribution in [0.3, 0.4) is 0 Å². The van der Waals surface area contributed by atoms with Gasteiger partial charge < -0.3 is 24.6 Å². The van der Waals surface area contributed by atoms with Gasteiger partial charge in [-0.05, 0) is 62.4 Å². The van der Waals surface area contributed by atoms with Crippen LogP contribution in [-0.4, -0.2) is 102 Å². The number of nitrogens with zero attached hydrogens (tertiary/aromatic N) is 9. The summed E-state index contributed by atoms with van der Waals surface area (Å²) in [7, 11) is 5.23. The van der Waals surface area contributed by atoms with Crippen molar-refractivity contribution in [2.45, 2.75) is 63.5 Å². The molecule has 7 heterocycles. The van der Waals surface area contributed by atoms with Crippen molar-refractivity contribution in [3.63, 3.8) is 0 Å². The van der Waals surface area contributed by atoms with Gasteiger partial charge in [0.25, 0.3) is 11.8 Å². The number of likely N-dealkylation sites (tertiary alicyclic amines) is 1. The average Bonchev–Trinajstić information content (AvgIpc) is 3.91. The first-order chi connectivity index (χ1) is 27.0. The van der Waals surface area contributed by atoms with Crippen LogP contribution in [0.25, 0.3) is 22.1 Å². The quantitative estimate of drug-likeness (QED) is 0.233. The van der Waals surface area contributed by atoms with E-state index in [1.807, 2.05) is 29.2 Å². The third kappa shape index (κ3) is 5.98. The van der Waals surface area contributed by atoms with Gasteiger partial charge in [-0.15, -0.1) is 0 Å². The number of aromatic nitrogens is 6. The molecule has 4 aliphatic rings.